The minimum Gasteiger partial charge on any atom is -0.339 e. The first kappa shape index (κ1) is 15.0. The number of nitrogens with zero attached hydrogens (tertiary/aromatic N) is 2. The lowest BCUT2D eigenvalue weighted by Gasteiger charge is -2.24. The molecule has 0 radical (unpaired) electrons. The molecule has 1 saturated heterocycles. The second-order valence-corrected chi connectivity index (χ2v) is 7.43. The van der Waals surface area contributed by atoms with Gasteiger partial charge >= 0.3 is 0 Å². The maximum Gasteiger partial charge on any atom is 0.272 e. The molecule has 5 heteroatoms. The van der Waals surface area contributed by atoms with Gasteiger partial charge in [-0.25, -0.2) is 0 Å². The highest BCUT2D eigenvalue weighted by Gasteiger charge is 2.32. The first-order valence-electron chi connectivity index (χ1n) is 7.30. The van der Waals surface area contributed by atoms with Crippen LogP contribution in [0.2, 0.25) is 0 Å². The summed E-state index contributed by atoms with van der Waals surface area (Å²) in [5, 5.41) is 1.43. The number of carbonyl (C=O) groups excluding carboxylic acids is 1. The Morgan fingerprint density at radius 2 is 2.19 bits per heavy atom. The average Bonchev–Trinajstić information content (AvgIpc) is 3.04. The van der Waals surface area contributed by atoms with Crippen molar-refractivity contribution in [3.8, 4) is 0 Å². The Balaban J connectivity index is 2.02. The van der Waals surface area contributed by atoms with Crippen molar-refractivity contribution in [1.29, 1.82) is 0 Å². The third-order valence-corrected chi connectivity index (χ3v) is 6.13. The number of para-hydroxylation sites is 1. The summed E-state index contributed by atoms with van der Waals surface area (Å²) >= 11 is 5.53. The van der Waals surface area contributed by atoms with E-state index in [0.717, 1.165) is 46.2 Å². The Morgan fingerprint density at radius 3 is 2.90 bits per heavy atom. The van der Waals surface area contributed by atoms with Crippen LogP contribution in [-0.4, -0.2) is 33.0 Å². The SMILES string of the molecule is CCC[C@@H]1SCCN1C(=O)c1c(Br)c2ccccc2n1C. The zero-order chi connectivity index (χ0) is 15.0. The summed E-state index contributed by atoms with van der Waals surface area (Å²) in [5.74, 6) is 1.18. The number of hydrogen-bond acceptors (Lipinski definition) is 2. The number of hydrogen-bond donors (Lipinski definition) is 0. The van der Waals surface area contributed by atoms with Gasteiger partial charge in [0.15, 0.2) is 0 Å². The molecule has 0 bridgehead atoms. The summed E-state index contributed by atoms with van der Waals surface area (Å²) in [7, 11) is 1.97. The molecule has 21 heavy (non-hydrogen) atoms. The monoisotopic (exact) mass is 366 g/mol. The zero-order valence-electron chi connectivity index (χ0n) is 12.3. The van der Waals surface area contributed by atoms with E-state index in [9.17, 15) is 4.79 Å². The van der Waals surface area contributed by atoms with Gasteiger partial charge in [0.1, 0.15) is 5.69 Å². The van der Waals surface area contributed by atoms with Crippen molar-refractivity contribution in [3.63, 3.8) is 0 Å². The first-order chi connectivity index (χ1) is 10.1. The van der Waals surface area contributed by atoms with E-state index in [1.165, 1.54) is 0 Å². The molecule has 0 unspecified atom stereocenters. The molecular weight excluding hydrogens is 348 g/mol. The number of benzene rings is 1. The molecule has 2 heterocycles. The lowest BCUT2D eigenvalue weighted by atomic mass is 10.2. The van der Waals surface area contributed by atoms with Crippen LogP contribution in [0.25, 0.3) is 10.9 Å². The molecule has 3 nitrogen and oxygen atoms in total. The van der Waals surface area contributed by atoms with Gasteiger partial charge in [0.25, 0.3) is 5.91 Å². The van der Waals surface area contributed by atoms with Gasteiger partial charge in [-0.2, -0.15) is 0 Å². The fourth-order valence-electron chi connectivity index (χ4n) is 2.96. The Bertz CT molecular complexity index is 643. The zero-order valence-corrected chi connectivity index (χ0v) is 14.7. The van der Waals surface area contributed by atoms with Gasteiger partial charge in [-0.05, 0) is 28.4 Å². The normalized spacial score (nSPS) is 18.6. The van der Waals surface area contributed by atoms with Crippen molar-refractivity contribution in [2.75, 3.05) is 12.3 Å². The summed E-state index contributed by atoms with van der Waals surface area (Å²) in [6.45, 7) is 3.02. The second kappa shape index (κ2) is 6.05. The highest BCUT2D eigenvalue weighted by Crippen LogP contribution is 2.34. The number of amides is 1. The number of aromatic nitrogens is 1. The van der Waals surface area contributed by atoms with Crippen LogP contribution >= 0.6 is 27.7 Å². The van der Waals surface area contributed by atoms with Crippen LogP contribution < -0.4 is 0 Å². The van der Waals surface area contributed by atoms with Crippen LogP contribution in [0, 0.1) is 0 Å². The summed E-state index contributed by atoms with van der Waals surface area (Å²) < 4.78 is 2.92. The number of thioether (sulfide) groups is 1. The van der Waals surface area contributed by atoms with E-state index in [1.807, 2.05) is 40.4 Å². The predicted molar refractivity (Wildman–Crippen MR) is 92.8 cm³/mol. The number of carbonyl (C=O) groups is 1. The maximum atomic E-state index is 13.0. The predicted octanol–water partition coefficient (Wildman–Crippen LogP) is 4.26. The smallest absolute Gasteiger partial charge is 0.272 e. The van der Waals surface area contributed by atoms with E-state index in [2.05, 4.69) is 35.0 Å². The molecule has 3 rings (SSSR count). The van der Waals surface area contributed by atoms with E-state index < -0.39 is 0 Å². The van der Waals surface area contributed by atoms with E-state index in [0.29, 0.717) is 5.37 Å². The fourth-order valence-corrected chi connectivity index (χ4v) is 5.09. The van der Waals surface area contributed by atoms with Gasteiger partial charge in [0.2, 0.25) is 0 Å². The Kier molecular flexibility index (Phi) is 4.31. The van der Waals surface area contributed by atoms with Gasteiger partial charge in [-0.3, -0.25) is 4.79 Å². The van der Waals surface area contributed by atoms with E-state index in [1.54, 1.807) is 0 Å². The van der Waals surface area contributed by atoms with Gasteiger partial charge in [0, 0.05) is 30.2 Å². The Labute approximate surface area is 137 Å². The molecule has 0 aliphatic carbocycles. The summed E-state index contributed by atoms with van der Waals surface area (Å²) in [4.78, 5) is 15.0. The van der Waals surface area contributed by atoms with Gasteiger partial charge in [0.05, 0.1) is 9.85 Å². The van der Waals surface area contributed by atoms with Crippen LogP contribution in [0.4, 0.5) is 0 Å². The molecule has 0 saturated carbocycles. The van der Waals surface area contributed by atoms with Crippen molar-refractivity contribution in [3.05, 3.63) is 34.4 Å². The molecule has 112 valence electrons. The molecule has 0 spiro atoms. The lowest BCUT2D eigenvalue weighted by Crippen LogP contribution is -2.36. The number of fused-ring (bicyclic) bond motifs is 1. The second-order valence-electron chi connectivity index (χ2n) is 5.35. The van der Waals surface area contributed by atoms with E-state index >= 15 is 0 Å². The standard InChI is InChI=1S/C16H19BrN2OS/c1-3-6-13-19(9-10-21-13)16(20)15-14(17)11-7-4-5-8-12(11)18(15)2/h4-5,7-8,13H,3,6,9-10H2,1-2H3/t13-/m0/s1. The maximum absolute atomic E-state index is 13.0. The lowest BCUT2D eigenvalue weighted by molar-refractivity contribution is 0.0746. The summed E-state index contributed by atoms with van der Waals surface area (Å²) in [6.07, 6.45) is 2.18. The van der Waals surface area contributed by atoms with Gasteiger partial charge < -0.3 is 9.47 Å². The van der Waals surface area contributed by atoms with Crippen molar-refractivity contribution in [2.24, 2.45) is 7.05 Å². The Hall–Kier alpha value is -0.940. The highest BCUT2D eigenvalue weighted by molar-refractivity contribution is 9.10. The highest BCUT2D eigenvalue weighted by atomic mass is 79.9. The summed E-state index contributed by atoms with van der Waals surface area (Å²) in [6, 6.07) is 8.12. The van der Waals surface area contributed by atoms with Crippen LogP contribution in [-0.2, 0) is 7.05 Å². The van der Waals surface area contributed by atoms with Crippen molar-refractivity contribution < 1.29 is 4.79 Å². The number of rotatable bonds is 3. The van der Waals surface area contributed by atoms with Crippen LogP contribution in [0.1, 0.15) is 30.3 Å². The van der Waals surface area contributed by atoms with Crippen LogP contribution in [0.15, 0.2) is 28.7 Å². The molecule has 1 aliphatic heterocycles. The topological polar surface area (TPSA) is 25.2 Å². The molecule has 0 N–H and O–H groups in total. The molecule has 1 amide bonds. The minimum atomic E-state index is 0.143. The van der Waals surface area contributed by atoms with Gasteiger partial charge in [-0.1, -0.05) is 31.5 Å². The third-order valence-electron chi connectivity index (χ3n) is 4.03. The number of aryl methyl sites for hydroxylation is 1. The molecule has 1 fully saturated rings. The van der Waals surface area contributed by atoms with Crippen LogP contribution in [0.3, 0.4) is 0 Å². The van der Waals surface area contributed by atoms with Crippen molar-refractivity contribution in [2.45, 2.75) is 25.1 Å². The average molecular weight is 367 g/mol. The molecule has 1 aliphatic rings. The quantitative estimate of drug-likeness (QED) is 0.810. The van der Waals surface area contributed by atoms with Crippen LogP contribution in [0.5, 0.6) is 0 Å². The molecule has 1 aromatic carbocycles. The minimum absolute atomic E-state index is 0.143. The Morgan fingerprint density at radius 1 is 1.43 bits per heavy atom. The molecular formula is C16H19BrN2OS. The molecule has 1 atom stereocenters. The van der Waals surface area contributed by atoms with Gasteiger partial charge in [-0.15, -0.1) is 11.8 Å². The number of halogens is 1. The van der Waals surface area contributed by atoms with E-state index in [4.69, 9.17) is 0 Å². The van der Waals surface area contributed by atoms with E-state index in [-0.39, 0.29) is 5.91 Å². The molecule has 2 aromatic rings. The first-order valence-corrected chi connectivity index (χ1v) is 9.14. The fraction of sp³-hybridized carbons (Fsp3) is 0.438. The summed E-state index contributed by atoms with van der Waals surface area (Å²) in [5.41, 5.74) is 1.85. The third kappa shape index (κ3) is 2.50. The van der Waals surface area contributed by atoms with Crippen molar-refractivity contribution in [1.82, 2.24) is 9.47 Å². The largest absolute Gasteiger partial charge is 0.339 e. The van der Waals surface area contributed by atoms with Crippen molar-refractivity contribution >= 4 is 44.5 Å². The molecule has 1 aromatic heterocycles.